The van der Waals surface area contributed by atoms with Crippen LogP contribution in [0.4, 0.5) is 4.79 Å². The molecule has 0 bridgehead atoms. The van der Waals surface area contributed by atoms with Crippen molar-refractivity contribution >= 4 is 12.1 Å². The lowest BCUT2D eigenvalue weighted by Crippen LogP contribution is -2.24. The second kappa shape index (κ2) is 3.01. The summed E-state index contributed by atoms with van der Waals surface area (Å²) in [5, 5.41) is 2.48. The number of amides is 1. The summed E-state index contributed by atoms with van der Waals surface area (Å²) in [5.41, 5.74) is 0. The lowest BCUT2D eigenvalue weighted by molar-refractivity contribution is 0.244. The van der Waals surface area contributed by atoms with Crippen LogP contribution in [0.15, 0.2) is 19.0 Å². The molecule has 1 amide bonds. The Morgan fingerprint density at radius 3 is 3.18 bits per heavy atom. The van der Waals surface area contributed by atoms with Crippen LogP contribution in [0.3, 0.4) is 0 Å². The van der Waals surface area contributed by atoms with E-state index < -0.39 is 0 Å². The highest BCUT2D eigenvalue weighted by atomic mass is 16.2. The van der Waals surface area contributed by atoms with Gasteiger partial charge in [0.1, 0.15) is 5.82 Å². The van der Waals surface area contributed by atoms with Gasteiger partial charge in [0, 0.05) is 19.4 Å². The van der Waals surface area contributed by atoms with Crippen LogP contribution < -0.4 is 5.32 Å². The van der Waals surface area contributed by atoms with E-state index in [9.17, 15) is 4.79 Å². The van der Waals surface area contributed by atoms with Gasteiger partial charge in [-0.2, -0.15) is 0 Å². The maximum Gasteiger partial charge on any atom is 0.327 e. The van der Waals surface area contributed by atoms with E-state index in [1.165, 1.54) is 10.6 Å². The Morgan fingerprint density at radius 1 is 1.91 bits per heavy atom. The highest BCUT2D eigenvalue weighted by Gasteiger charge is 2.03. The quantitative estimate of drug-likeness (QED) is 0.642. The molecule has 1 N–H and O–H groups in total. The fraction of sp³-hybridized carbons (Fsp3) is 0.143. The molecule has 1 rings (SSSR count). The van der Waals surface area contributed by atoms with Gasteiger partial charge in [-0.1, -0.05) is 6.58 Å². The number of aromatic nitrogens is 2. The maximum atomic E-state index is 11.0. The van der Waals surface area contributed by atoms with Gasteiger partial charge in [0.2, 0.25) is 0 Å². The van der Waals surface area contributed by atoms with Crippen molar-refractivity contribution in [3.63, 3.8) is 0 Å². The van der Waals surface area contributed by atoms with E-state index in [4.69, 9.17) is 0 Å². The van der Waals surface area contributed by atoms with E-state index in [-0.39, 0.29) is 6.03 Å². The fourth-order valence-corrected chi connectivity index (χ4v) is 0.758. The molecule has 1 heterocycles. The van der Waals surface area contributed by atoms with Crippen molar-refractivity contribution in [2.45, 2.75) is 0 Å². The molecule has 4 heteroatoms. The molecule has 0 aliphatic heterocycles. The SMILES string of the molecule is C=Cc1nccn1C(=O)NC. The lowest BCUT2D eigenvalue weighted by atomic mass is 10.6. The van der Waals surface area contributed by atoms with Crippen molar-refractivity contribution in [3.05, 3.63) is 24.8 Å². The Morgan fingerprint density at radius 2 is 2.64 bits per heavy atom. The van der Waals surface area contributed by atoms with E-state index in [1.54, 1.807) is 19.4 Å². The zero-order valence-corrected chi connectivity index (χ0v) is 6.24. The van der Waals surface area contributed by atoms with Crippen molar-refractivity contribution < 1.29 is 4.79 Å². The fourth-order valence-electron chi connectivity index (χ4n) is 0.758. The number of nitrogens with zero attached hydrogens (tertiary/aromatic N) is 2. The summed E-state index contributed by atoms with van der Waals surface area (Å²) in [6.45, 7) is 3.52. The molecule has 0 aliphatic carbocycles. The molecular weight excluding hydrogens is 142 g/mol. The van der Waals surface area contributed by atoms with Gasteiger partial charge in [-0.25, -0.2) is 9.78 Å². The summed E-state index contributed by atoms with van der Waals surface area (Å²) in [7, 11) is 1.56. The molecule has 0 radical (unpaired) electrons. The molecule has 1 aromatic heterocycles. The zero-order valence-electron chi connectivity index (χ0n) is 6.24. The molecule has 0 unspecified atom stereocenters. The first kappa shape index (κ1) is 7.53. The van der Waals surface area contributed by atoms with Gasteiger partial charge in [-0.15, -0.1) is 0 Å². The van der Waals surface area contributed by atoms with Crippen LogP contribution in [0, 0.1) is 0 Å². The van der Waals surface area contributed by atoms with E-state index in [1.807, 2.05) is 0 Å². The lowest BCUT2D eigenvalue weighted by Gasteiger charge is -2.00. The number of imidazole rings is 1. The third kappa shape index (κ3) is 1.29. The first-order valence-electron chi connectivity index (χ1n) is 3.17. The number of hydrogen-bond acceptors (Lipinski definition) is 2. The molecule has 0 fully saturated rings. The van der Waals surface area contributed by atoms with Gasteiger partial charge >= 0.3 is 6.03 Å². The summed E-state index contributed by atoms with van der Waals surface area (Å²) in [6.07, 6.45) is 4.65. The Kier molecular flexibility index (Phi) is 2.06. The first-order chi connectivity index (χ1) is 5.29. The number of nitrogens with one attached hydrogen (secondary N) is 1. The number of carbonyl (C=O) groups excluding carboxylic acids is 1. The minimum atomic E-state index is -0.211. The molecule has 58 valence electrons. The number of hydrogen-bond donors (Lipinski definition) is 1. The summed E-state index contributed by atoms with van der Waals surface area (Å²) >= 11 is 0. The molecule has 1 aromatic rings. The van der Waals surface area contributed by atoms with Crippen LogP contribution in [-0.2, 0) is 0 Å². The molecule has 0 saturated carbocycles. The minimum Gasteiger partial charge on any atom is -0.340 e. The van der Waals surface area contributed by atoms with Crippen LogP contribution >= 0.6 is 0 Å². The largest absolute Gasteiger partial charge is 0.340 e. The second-order valence-electron chi connectivity index (χ2n) is 1.91. The summed E-state index contributed by atoms with van der Waals surface area (Å²) < 4.78 is 1.38. The summed E-state index contributed by atoms with van der Waals surface area (Å²) in [5.74, 6) is 0.546. The van der Waals surface area contributed by atoms with E-state index in [0.717, 1.165) is 0 Å². The molecule has 0 aliphatic rings. The maximum absolute atomic E-state index is 11.0. The van der Waals surface area contributed by atoms with Crippen molar-refractivity contribution in [2.24, 2.45) is 0 Å². The molecule has 11 heavy (non-hydrogen) atoms. The van der Waals surface area contributed by atoms with E-state index >= 15 is 0 Å². The van der Waals surface area contributed by atoms with Gasteiger partial charge in [0.15, 0.2) is 0 Å². The van der Waals surface area contributed by atoms with Crippen molar-refractivity contribution in [1.29, 1.82) is 0 Å². The molecular formula is C7H9N3O. The highest BCUT2D eigenvalue weighted by molar-refractivity contribution is 5.78. The predicted molar refractivity (Wildman–Crippen MR) is 42.2 cm³/mol. The van der Waals surface area contributed by atoms with Crippen LogP contribution in [-0.4, -0.2) is 22.6 Å². The van der Waals surface area contributed by atoms with E-state index in [2.05, 4.69) is 16.9 Å². The van der Waals surface area contributed by atoms with Gasteiger partial charge in [0.25, 0.3) is 0 Å². The third-order valence-electron chi connectivity index (χ3n) is 1.28. The van der Waals surface area contributed by atoms with Crippen molar-refractivity contribution in [3.8, 4) is 0 Å². The third-order valence-corrected chi connectivity index (χ3v) is 1.28. The average molecular weight is 151 g/mol. The highest BCUT2D eigenvalue weighted by Crippen LogP contribution is 1.97. The summed E-state index contributed by atoms with van der Waals surface area (Å²) in [6, 6.07) is -0.211. The number of rotatable bonds is 1. The smallest absolute Gasteiger partial charge is 0.327 e. The van der Waals surface area contributed by atoms with Gasteiger partial charge < -0.3 is 5.32 Å². The normalized spacial score (nSPS) is 9.18. The number of carbonyl (C=O) groups is 1. The average Bonchev–Trinajstić information content (AvgIpc) is 2.50. The standard InChI is InChI=1S/C7H9N3O/c1-3-6-9-4-5-10(6)7(11)8-2/h3-5H,1H2,2H3,(H,8,11). The predicted octanol–water partition coefficient (Wildman–Crippen LogP) is 0.714. The minimum absolute atomic E-state index is 0.211. The molecule has 0 atom stereocenters. The Bertz CT molecular complexity index is 277. The topological polar surface area (TPSA) is 46.9 Å². The van der Waals surface area contributed by atoms with Crippen LogP contribution in [0.5, 0.6) is 0 Å². The summed E-state index contributed by atoms with van der Waals surface area (Å²) in [4.78, 5) is 14.9. The van der Waals surface area contributed by atoms with Crippen LogP contribution in [0.25, 0.3) is 6.08 Å². The molecule has 0 aromatic carbocycles. The van der Waals surface area contributed by atoms with Crippen molar-refractivity contribution in [2.75, 3.05) is 7.05 Å². The van der Waals surface area contributed by atoms with Gasteiger partial charge in [0.05, 0.1) is 0 Å². The van der Waals surface area contributed by atoms with Crippen LogP contribution in [0.1, 0.15) is 5.82 Å². The molecule has 0 spiro atoms. The van der Waals surface area contributed by atoms with Crippen LogP contribution in [0.2, 0.25) is 0 Å². The molecule has 0 saturated heterocycles. The van der Waals surface area contributed by atoms with Crippen molar-refractivity contribution in [1.82, 2.24) is 14.9 Å². The van der Waals surface area contributed by atoms with Gasteiger partial charge in [-0.3, -0.25) is 4.57 Å². The van der Waals surface area contributed by atoms with E-state index in [0.29, 0.717) is 5.82 Å². The second-order valence-corrected chi connectivity index (χ2v) is 1.91. The monoisotopic (exact) mass is 151 g/mol. The molecule has 4 nitrogen and oxygen atoms in total. The Labute approximate surface area is 64.6 Å². The first-order valence-corrected chi connectivity index (χ1v) is 3.17. The zero-order chi connectivity index (χ0) is 8.27. The Hall–Kier alpha value is -1.58. The van der Waals surface area contributed by atoms with Gasteiger partial charge in [-0.05, 0) is 6.08 Å². The Balaban J connectivity index is 3.01.